The molecule has 0 aromatic heterocycles. The number of carbonyl (C=O) groups is 1. The normalized spacial score (nSPS) is 21.8. The van der Waals surface area contributed by atoms with Gasteiger partial charge in [-0.2, -0.15) is 0 Å². The Labute approximate surface area is 144 Å². The van der Waals surface area contributed by atoms with E-state index in [9.17, 15) is 4.79 Å². The molecule has 1 aromatic rings. The summed E-state index contributed by atoms with van der Waals surface area (Å²) in [7, 11) is 3.17. The van der Waals surface area contributed by atoms with Crippen LogP contribution < -0.4 is 20.5 Å². The van der Waals surface area contributed by atoms with Gasteiger partial charge in [0, 0.05) is 25.2 Å². The van der Waals surface area contributed by atoms with Crippen molar-refractivity contribution in [3.8, 4) is 11.5 Å². The van der Waals surface area contributed by atoms with Crippen LogP contribution in [0.3, 0.4) is 0 Å². The molecule has 2 atom stereocenters. The molecule has 6 heteroatoms. The van der Waals surface area contributed by atoms with Crippen LogP contribution in [0.4, 0.5) is 5.69 Å². The standard InChI is InChI=1S/C18H29N3O3/c1-12(21-9-8-16(19)18(2,3)11-21)17(22)20-14-10-13(23-4)6-7-15(14)24-5/h6-7,10,12,16H,8-9,11,19H2,1-5H3,(H,20,22). The third-order valence-corrected chi connectivity index (χ3v) is 4.93. The maximum atomic E-state index is 12.7. The van der Waals surface area contributed by atoms with Crippen LogP contribution in [0.5, 0.6) is 11.5 Å². The Bertz CT molecular complexity index is 589. The maximum absolute atomic E-state index is 12.7. The first kappa shape index (κ1) is 18.5. The lowest BCUT2D eigenvalue weighted by Crippen LogP contribution is -2.56. The molecular weight excluding hydrogens is 306 g/mol. The Balaban J connectivity index is 2.09. The van der Waals surface area contributed by atoms with Crippen LogP contribution in [-0.2, 0) is 4.79 Å². The Kier molecular flexibility index (Phi) is 5.72. The van der Waals surface area contributed by atoms with E-state index in [-0.39, 0.29) is 23.4 Å². The van der Waals surface area contributed by atoms with Gasteiger partial charge in [-0.1, -0.05) is 13.8 Å². The molecule has 2 rings (SSSR count). The number of nitrogens with one attached hydrogen (secondary N) is 1. The molecule has 0 bridgehead atoms. The van der Waals surface area contributed by atoms with E-state index in [4.69, 9.17) is 15.2 Å². The Hall–Kier alpha value is -1.79. The number of nitrogens with zero attached hydrogens (tertiary/aromatic N) is 1. The van der Waals surface area contributed by atoms with Gasteiger partial charge in [0.2, 0.25) is 5.91 Å². The summed E-state index contributed by atoms with van der Waals surface area (Å²) in [5, 5.41) is 2.95. The smallest absolute Gasteiger partial charge is 0.241 e. The fourth-order valence-corrected chi connectivity index (χ4v) is 3.06. The van der Waals surface area contributed by atoms with Crippen molar-refractivity contribution in [2.75, 3.05) is 32.6 Å². The largest absolute Gasteiger partial charge is 0.497 e. The molecule has 1 aliphatic heterocycles. The molecule has 1 heterocycles. The summed E-state index contributed by atoms with van der Waals surface area (Å²) in [5.41, 5.74) is 6.80. The molecule has 1 aromatic carbocycles. The summed E-state index contributed by atoms with van der Waals surface area (Å²) >= 11 is 0. The van der Waals surface area contributed by atoms with Crippen molar-refractivity contribution in [3.63, 3.8) is 0 Å². The predicted octanol–water partition coefficient (Wildman–Crippen LogP) is 2.09. The van der Waals surface area contributed by atoms with Gasteiger partial charge in [-0.05, 0) is 30.9 Å². The van der Waals surface area contributed by atoms with Gasteiger partial charge in [-0.15, -0.1) is 0 Å². The van der Waals surface area contributed by atoms with Gasteiger partial charge >= 0.3 is 0 Å². The summed E-state index contributed by atoms with van der Waals surface area (Å²) in [5.74, 6) is 1.22. The van der Waals surface area contributed by atoms with E-state index in [0.29, 0.717) is 17.2 Å². The zero-order chi connectivity index (χ0) is 17.9. The topological polar surface area (TPSA) is 76.8 Å². The molecule has 1 fully saturated rings. The highest BCUT2D eigenvalue weighted by molar-refractivity contribution is 5.96. The summed E-state index contributed by atoms with van der Waals surface area (Å²) in [6, 6.07) is 5.27. The molecular formula is C18H29N3O3. The number of hydrogen-bond donors (Lipinski definition) is 2. The minimum Gasteiger partial charge on any atom is -0.497 e. The SMILES string of the molecule is COc1ccc(OC)c(NC(=O)C(C)N2CCC(N)C(C)(C)C2)c1. The second-order valence-corrected chi connectivity index (χ2v) is 7.09. The number of piperidine rings is 1. The first-order valence-corrected chi connectivity index (χ1v) is 8.31. The number of ether oxygens (including phenoxy) is 2. The summed E-state index contributed by atoms with van der Waals surface area (Å²) in [4.78, 5) is 14.9. The third kappa shape index (κ3) is 3.99. The molecule has 0 radical (unpaired) electrons. The molecule has 2 unspecified atom stereocenters. The number of amides is 1. The number of nitrogens with two attached hydrogens (primary N) is 1. The van der Waals surface area contributed by atoms with Crippen LogP contribution in [0, 0.1) is 5.41 Å². The van der Waals surface area contributed by atoms with Crippen molar-refractivity contribution in [1.82, 2.24) is 4.90 Å². The van der Waals surface area contributed by atoms with Crippen LogP contribution in [0.25, 0.3) is 0 Å². The third-order valence-electron chi connectivity index (χ3n) is 4.93. The molecule has 0 saturated carbocycles. The van der Waals surface area contributed by atoms with Gasteiger partial charge in [0.15, 0.2) is 0 Å². The van der Waals surface area contributed by atoms with E-state index in [2.05, 4.69) is 24.1 Å². The fourth-order valence-electron chi connectivity index (χ4n) is 3.06. The minimum absolute atomic E-state index is 0.000444. The molecule has 1 aliphatic rings. The van der Waals surface area contributed by atoms with Gasteiger partial charge in [0.25, 0.3) is 0 Å². The van der Waals surface area contributed by atoms with Gasteiger partial charge in [-0.3, -0.25) is 9.69 Å². The van der Waals surface area contributed by atoms with Crippen LogP contribution in [0.15, 0.2) is 18.2 Å². The molecule has 0 aliphatic carbocycles. The predicted molar refractivity (Wildman–Crippen MR) is 95.6 cm³/mol. The lowest BCUT2D eigenvalue weighted by Gasteiger charge is -2.44. The lowest BCUT2D eigenvalue weighted by atomic mass is 9.79. The van der Waals surface area contributed by atoms with E-state index >= 15 is 0 Å². The molecule has 3 N–H and O–H groups in total. The zero-order valence-electron chi connectivity index (χ0n) is 15.3. The lowest BCUT2D eigenvalue weighted by molar-refractivity contribution is -0.122. The molecule has 1 amide bonds. The number of likely N-dealkylation sites (tertiary alicyclic amines) is 1. The quantitative estimate of drug-likeness (QED) is 0.862. The van der Waals surface area contributed by atoms with E-state index < -0.39 is 0 Å². The van der Waals surface area contributed by atoms with E-state index in [1.165, 1.54) is 0 Å². The average molecular weight is 335 g/mol. The minimum atomic E-state index is -0.243. The van der Waals surface area contributed by atoms with Crippen molar-refractivity contribution in [2.24, 2.45) is 11.1 Å². The van der Waals surface area contributed by atoms with Gasteiger partial charge < -0.3 is 20.5 Å². The van der Waals surface area contributed by atoms with E-state index in [0.717, 1.165) is 19.5 Å². The van der Waals surface area contributed by atoms with Crippen LogP contribution in [0.1, 0.15) is 27.2 Å². The van der Waals surface area contributed by atoms with E-state index in [1.807, 2.05) is 6.92 Å². The van der Waals surface area contributed by atoms with Crippen molar-refractivity contribution < 1.29 is 14.3 Å². The van der Waals surface area contributed by atoms with Gasteiger partial charge in [0.05, 0.1) is 25.9 Å². The molecule has 0 spiro atoms. The first-order valence-electron chi connectivity index (χ1n) is 8.31. The highest BCUT2D eigenvalue weighted by atomic mass is 16.5. The highest BCUT2D eigenvalue weighted by Gasteiger charge is 2.36. The molecule has 24 heavy (non-hydrogen) atoms. The summed E-state index contributed by atoms with van der Waals surface area (Å²) in [6.07, 6.45) is 0.896. The second kappa shape index (κ2) is 7.40. The number of benzene rings is 1. The Morgan fingerprint density at radius 3 is 2.67 bits per heavy atom. The van der Waals surface area contributed by atoms with Gasteiger partial charge in [-0.25, -0.2) is 0 Å². The summed E-state index contributed by atoms with van der Waals surface area (Å²) in [6.45, 7) is 7.86. The first-order chi connectivity index (χ1) is 11.3. The maximum Gasteiger partial charge on any atom is 0.241 e. The van der Waals surface area contributed by atoms with E-state index in [1.54, 1.807) is 32.4 Å². The van der Waals surface area contributed by atoms with Crippen molar-refractivity contribution >= 4 is 11.6 Å². The van der Waals surface area contributed by atoms with Crippen molar-refractivity contribution in [2.45, 2.75) is 39.3 Å². The number of carbonyl (C=O) groups excluding carboxylic acids is 1. The van der Waals surface area contributed by atoms with Crippen LogP contribution in [0.2, 0.25) is 0 Å². The number of anilines is 1. The molecule has 134 valence electrons. The average Bonchev–Trinajstić information content (AvgIpc) is 2.56. The second-order valence-electron chi connectivity index (χ2n) is 7.09. The molecule has 1 saturated heterocycles. The Morgan fingerprint density at radius 2 is 2.08 bits per heavy atom. The van der Waals surface area contributed by atoms with Crippen LogP contribution in [-0.4, -0.2) is 50.2 Å². The Morgan fingerprint density at radius 1 is 1.38 bits per heavy atom. The number of methoxy groups -OCH3 is 2. The monoisotopic (exact) mass is 335 g/mol. The zero-order valence-corrected chi connectivity index (χ0v) is 15.3. The number of rotatable bonds is 5. The highest BCUT2D eigenvalue weighted by Crippen LogP contribution is 2.31. The fraction of sp³-hybridized carbons (Fsp3) is 0.611. The van der Waals surface area contributed by atoms with Crippen LogP contribution >= 0.6 is 0 Å². The summed E-state index contributed by atoms with van der Waals surface area (Å²) < 4.78 is 10.5. The molecule has 6 nitrogen and oxygen atoms in total. The van der Waals surface area contributed by atoms with Crippen molar-refractivity contribution in [3.05, 3.63) is 18.2 Å². The van der Waals surface area contributed by atoms with Gasteiger partial charge in [0.1, 0.15) is 11.5 Å². The van der Waals surface area contributed by atoms with Crippen molar-refractivity contribution in [1.29, 1.82) is 0 Å². The number of hydrogen-bond acceptors (Lipinski definition) is 5.